The average molecular weight is 175 g/mol. The van der Waals surface area contributed by atoms with E-state index in [1.807, 2.05) is 0 Å². The maximum atomic E-state index is 10.4. The van der Waals surface area contributed by atoms with Crippen LogP contribution < -0.4 is 0 Å². The molecule has 42 valence electrons. The lowest BCUT2D eigenvalue weighted by atomic mass is 10.3. The summed E-state index contributed by atoms with van der Waals surface area (Å²) < 4.78 is 4.44. The van der Waals surface area contributed by atoms with Crippen molar-refractivity contribution in [3.63, 3.8) is 0 Å². The van der Waals surface area contributed by atoms with Crippen LogP contribution in [0, 0.1) is 0 Å². The van der Waals surface area contributed by atoms with Gasteiger partial charge in [-0.1, -0.05) is 15.9 Å². The summed E-state index contributed by atoms with van der Waals surface area (Å²) in [7, 11) is 0. The van der Waals surface area contributed by atoms with Crippen LogP contribution in [0.1, 0.15) is 0 Å². The van der Waals surface area contributed by atoms with E-state index in [2.05, 4.69) is 20.7 Å². The molecule has 1 rings (SSSR count). The molecule has 0 unspecified atom stereocenters. The van der Waals surface area contributed by atoms with Crippen molar-refractivity contribution in [1.82, 2.24) is 0 Å². The van der Waals surface area contributed by atoms with Crippen LogP contribution in [0.2, 0.25) is 0 Å². The highest BCUT2D eigenvalue weighted by molar-refractivity contribution is 9.11. The molecule has 1 aliphatic rings. The Morgan fingerprint density at radius 1 is 1.75 bits per heavy atom. The van der Waals surface area contributed by atoms with Crippen molar-refractivity contribution >= 4 is 21.9 Å². The van der Waals surface area contributed by atoms with E-state index in [1.165, 1.54) is 11.2 Å². The van der Waals surface area contributed by atoms with Crippen LogP contribution in [0.5, 0.6) is 0 Å². The summed E-state index contributed by atoms with van der Waals surface area (Å²) in [5.41, 5.74) is 0.546. The molecule has 0 atom stereocenters. The molecule has 1 heterocycles. The summed E-state index contributed by atoms with van der Waals surface area (Å²) in [6.07, 6.45) is 2.95. The lowest BCUT2D eigenvalue weighted by Gasteiger charge is -1.84. The van der Waals surface area contributed by atoms with Crippen molar-refractivity contribution in [2.75, 3.05) is 0 Å². The van der Waals surface area contributed by atoms with E-state index in [0.29, 0.717) is 5.57 Å². The summed E-state index contributed by atoms with van der Waals surface area (Å²) in [5, 5.41) is 0. The van der Waals surface area contributed by atoms with Gasteiger partial charge in [0.15, 0.2) is 0 Å². The maximum absolute atomic E-state index is 10.4. The van der Waals surface area contributed by atoms with Gasteiger partial charge in [-0.25, -0.2) is 4.79 Å². The highest BCUT2D eigenvalue weighted by Gasteiger charge is 2.10. The minimum atomic E-state index is -0.304. The van der Waals surface area contributed by atoms with Crippen LogP contribution in [-0.4, -0.2) is 5.97 Å². The third-order valence-corrected chi connectivity index (χ3v) is 1.27. The quantitative estimate of drug-likeness (QED) is 0.410. The van der Waals surface area contributed by atoms with Crippen molar-refractivity contribution < 1.29 is 9.53 Å². The van der Waals surface area contributed by atoms with Crippen molar-refractivity contribution in [2.45, 2.75) is 0 Å². The third kappa shape index (κ3) is 0.816. The lowest BCUT2D eigenvalue weighted by molar-refractivity contribution is -0.132. The van der Waals surface area contributed by atoms with Crippen LogP contribution in [0.4, 0.5) is 0 Å². The molecule has 0 saturated heterocycles. The van der Waals surface area contributed by atoms with Gasteiger partial charge in [-0.2, -0.15) is 0 Å². The predicted octanol–water partition coefficient (Wildman–Crippen LogP) is 1.34. The number of halogens is 1. The van der Waals surface area contributed by atoms with Crippen molar-refractivity contribution in [2.24, 2.45) is 0 Å². The molecule has 3 heteroatoms. The summed E-state index contributed by atoms with van der Waals surface area (Å²) in [4.78, 5) is 11.9. The minimum Gasteiger partial charge on any atom is -0.431 e. The van der Waals surface area contributed by atoms with E-state index < -0.39 is 0 Å². The molecule has 8 heavy (non-hydrogen) atoms. The van der Waals surface area contributed by atoms with Crippen molar-refractivity contribution in [1.29, 1.82) is 0 Å². The van der Waals surface area contributed by atoms with E-state index >= 15 is 0 Å². The molecule has 0 N–H and O–H groups in total. The topological polar surface area (TPSA) is 26.3 Å². The highest BCUT2D eigenvalue weighted by Crippen LogP contribution is 2.09. The van der Waals surface area contributed by atoms with Gasteiger partial charge in [0, 0.05) is 0 Å². The molecule has 0 fully saturated rings. The first kappa shape index (κ1) is 5.56. The number of hydrogen-bond donors (Lipinski definition) is 0. The van der Waals surface area contributed by atoms with Gasteiger partial charge in [0.1, 0.15) is 0 Å². The number of ether oxygens (including phenoxy) is 1. The molecule has 0 amide bonds. The SMILES string of the molecule is O=C1OC=CC1=CBr. The van der Waals surface area contributed by atoms with Gasteiger partial charge in [-0.05, 0) is 11.1 Å². The number of hydrogen-bond acceptors (Lipinski definition) is 2. The second kappa shape index (κ2) is 2.13. The first-order valence-corrected chi connectivity index (χ1v) is 2.94. The number of cyclic esters (lactones) is 1. The second-order valence-corrected chi connectivity index (χ2v) is 1.73. The van der Waals surface area contributed by atoms with Gasteiger partial charge in [-0.3, -0.25) is 0 Å². The summed E-state index contributed by atoms with van der Waals surface area (Å²) in [6.45, 7) is 0. The first-order chi connectivity index (χ1) is 3.84. The van der Waals surface area contributed by atoms with Crippen LogP contribution in [-0.2, 0) is 9.53 Å². The van der Waals surface area contributed by atoms with Gasteiger partial charge >= 0.3 is 5.97 Å². The largest absolute Gasteiger partial charge is 0.431 e. The summed E-state index contributed by atoms with van der Waals surface area (Å²) in [6, 6.07) is 0. The zero-order valence-electron chi connectivity index (χ0n) is 3.93. The van der Waals surface area contributed by atoms with E-state index in [4.69, 9.17) is 0 Å². The van der Waals surface area contributed by atoms with Crippen LogP contribution in [0.15, 0.2) is 22.9 Å². The number of esters is 1. The fourth-order valence-corrected chi connectivity index (χ4v) is 0.726. The molecule has 0 bridgehead atoms. The first-order valence-electron chi connectivity index (χ1n) is 2.02. The molecular weight excluding hydrogens is 172 g/mol. The molecule has 0 saturated carbocycles. The molecule has 0 aromatic carbocycles. The smallest absolute Gasteiger partial charge is 0.343 e. The molecule has 0 aromatic rings. The normalized spacial score (nSPS) is 22.1. The zero-order chi connectivity index (χ0) is 5.98. The molecular formula is C5H3BrO2. The fourth-order valence-electron chi connectivity index (χ4n) is 0.386. The predicted molar refractivity (Wildman–Crippen MR) is 32.2 cm³/mol. The zero-order valence-corrected chi connectivity index (χ0v) is 5.51. The van der Waals surface area contributed by atoms with Gasteiger partial charge in [0.05, 0.1) is 11.8 Å². The Balaban J connectivity index is 2.82. The average Bonchev–Trinajstić information content (AvgIpc) is 2.14. The van der Waals surface area contributed by atoms with Crippen molar-refractivity contribution in [3.8, 4) is 0 Å². The van der Waals surface area contributed by atoms with Crippen LogP contribution >= 0.6 is 15.9 Å². The number of carbonyl (C=O) groups excluding carboxylic acids is 1. The standard InChI is InChI=1S/C5H3BrO2/c6-3-4-1-2-8-5(4)7/h1-3H. The molecule has 2 nitrogen and oxygen atoms in total. The van der Waals surface area contributed by atoms with E-state index in [-0.39, 0.29) is 5.97 Å². The number of rotatable bonds is 0. The monoisotopic (exact) mass is 174 g/mol. The Bertz CT molecular complexity index is 169. The lowest BCUT2D eigenvalue weighted by Crippen LogP contribution is -1.93. The molecule has 1 aliphatic heterocycles. The van der Waals surface area contributed by atoms with Gasteiger partial charge in [0.25, 0.3) is 0 Å². The van der Waals surface area contributed by atoms with Gasteiger partial charge in [-0.15, -0.1) is 0 Å². The Hall–Kier alpha value is -0.570. The Kier molecular flexibility index (Phi) is 1.48. The van der Waals surface area contributed by atoms with E-state index in [9.17, 15) is 4.79 Å². The molecule has 0 radical (unpaired) electrons. The van der Waals surface area contributed by atoms with Crippen LogP contribution in [0.25, 0.3) is 0 Å². The molecule has 0 spiro atoms. The van der Waals surface area contributed by atoms with Crippen LogP contribution in [0.3, 0.4) is 0 Å². The fraction of sp³-hybridized carbons (Fsp3) is 0. The highest BCUT2D eigenvalue weighted by atomic mass is 79.9. The second-order valence-electron chi connectivity index (χ2n) is 1.27. The Labute approximate surface area is 55.0 Å². The summed E-state index contributed by atoms with van der Waals surface area (Å²) in [5.74, 6) is -0.304. The van der Waals surface area contributed by atoms with Gasteiger partial charge in [0.2, 0.25) is 0 Å². The summed E-state index contributed by atoms with van der Waals surface area (Å²) >= 11 is 3.00. The minimum absolute atomic E-state index is 0.304. The Morgan fingerprint density at radius 3 is 2.75 bits per heavy atom. The Morgan fingerprint density at radius 2 is 2.50 bits per heavy atom. The van der Waals surface area contributed by atoms with Gasteiger partial charge < -0.3 is 4.74 Å². The molecule has 0 aliphatic carbocycles. The maximum Gasteiger partial charge on any atom is 0.343 e. The van der Waals surface area contributed by atoms with Crippen molar-refractivity contribution in [3.05, 3.63) is 22.9 Å². The molecule has 0 aromatic heterocycles. The number of carbonyl (C=O) groups is 1. The van der Waals surface area contributed by atoms with E-state index in [1.54, 1.807) is 6.08 Å². The third-order valence-electron chi connectivity index (χ3n) is 0.776. The van der Waals surface area contributed by atoms with E-state index in [0.717, 1.165) is 0 Å².